The van der Waals surface area contributed by atoms with Gasteiger partial charge in [-0.1, -0.05) is 20.8 Å². The largest absolute Gasteiger partial charge is 0.340 e. The Labute approximate surface area is 85.8 Å². The lowest BCUT2D eigenvalue weighted by Gasteiger charge is -2.35. The van der Waals surface area contributed by atoms with E-state index in [9.17, 15) is 4.79 Å². The summed E-state index contributed by atoms with van der Waals surface area (Å²) in [6.45, 7) is 8.96. The topological polar surface area (TPSA) is 32.3 Å². The van der Waals surface area contributed by atoms with E-state index in [1.807, 2.05) is 25.7 Å². The minimum Gasteiger partial charge on any atom is -0.340 e. The van der Waals surface area contributed by atoms with Gasteiger partial charge in [-0.25, -0.2) is 0 Å². The van der Waals surface area contributed by atoms with E-state index in [2.05, 4.69) is 5.32 Å². The fourth-order valence-corrected chi connectivity index (χ4v) is 2.47. The van der Waals surface area contributed by atoms with Crippen molar-refractivity contribution in [1.82, 2.24) is 10.2 Å². The molecule has 0 saturated carbocycles. The molecule has 2 saturated heterocycles. The lowest BCUT2D eigenvalue weighted by Crippen LogP contribution is -2.48. The molecule has 1 amide bonds. The summed E-state index contributed by atoms with van der Waals surface area (Å²) in [4.78, 5) is 14.1. The summed E-state index contributed by atoms with van der Waals surface area (Å²) in [5, 5.41) is 3.46. The Kier molecular flexibility index (Phi) is 2.30. The first kappa shape index (κ1) is 9.97. The number of likely N-dealkylation sites (tertiary alicyclic amines) is 1. The highest BCUT2D eigenvalue weighted by atomic mass is 16.2. The molecule has 3 heteroatoms. The molecule has 0 aliphatic carbocycles. The molecule has 2 bridgehead atoms. The predicted molar refractivity (Wildman–Crippen MR) is 55.9 cm³/mol. The quantitative estimate of drug-likeness (QED) is 0.623. The van der Waals surface area contributed by atoms with Crippen LogP contribution in [0.2, 0.25) is 0 Å². The van der Waals surface area contributed by atoms with Crippen molar-refractivity contribution in [2.75, 3.05) is 19.6 Å². The number of rotatable bonds is 0. The number of hydrogen-bond donors (Lipinski definition) is 1. The molecule has 0 radical (unpaired) electrons. The number of amides is 1. The third kappa shape index (κ3) is 1.78. The van der Waals surface area contributed by atoms with Crippen LogP contribution >= 0.6 is 0 Å². The smallest absolute Gasteiger partial charge is 0.228 e. The van der Waals surface area contributed by atoms with Gasteiger partial charge in [0.25, 0.3) is 0 Å². The summed E-state index contributed by atoms with van der Waals surface area (Å²) in [7, 11) is 0. The predicted octanol–water partition coefficient (Wildman–Crippen LogP) is 0.853. The monoisotopic (exact) mass is 196 g/mol. The second kappa shape index (κ2) is 3.23. The maximum absolute atomic E-state index is 12.0. The van der Waals surface area contributed by atoms with Crippen molar-refractivity contribution in [2.45, 2.75) is 33.2 Å². The molecule has 2 heterocycles. The lowest BCUT2D eigenvalue weighted by molar-refractivity contribution is -0.141. The van der Waals surface area contributed by atoms with Crippen LogP contribution in [0.1, 0.15) is 27.2 Å². The van der Waals surface area contributed by atoms with Gasteiger partial charge >= 0.3 is 0 Å². The molecule has 2 rings (SSSR count). The number of nitrogens with zero attached hydrogens (tertiary/aromatic N) is 1. The molecule has 0 spiro atoms. The molecular formula is C11H20N2O. The summed E-state index contributed by atoms with van der Waals surface area (Å²) in [5.74, 6) is 0.996. The van der Waals surface area contributed by atoms with Gasteiger partial charge in [0, 0.05) is 31.1 Å². The first-order valence-electron chi connectivity index (χ1n) is 5.49. The molecule has 2 aliphatic rings. The van der Waals surface area contributed by atoms with E-state index in [1.165, 1.54) is 6.42 Å². The zero-order valence-corrected chi connectivity index (χ0v) is 9.34. The van der Waals surface area contributed by atoms with Gasteiger partial charge in [-0.05, 0) is 12.3 Å². The molecule has 2 fully saturated rings. The maximum atomic E-state index is 12.0. The van der Waals surface area contributed by atoms with Gasteiger partial charge in [0.2, 0.25) is 5.91 Å². The van der Waals surface area contributed by atoms with E-state index in [0.29, 0.717) is 17.9 Å². The Morgan fingerprint density at radius 3 is 2.64 bits per heavy atom. The number of carbonyl (C=O) groups is 1. The second-order valence-electron chi connectivity index (χ2n) is 5.67. The molecule has 3 nitrogen and oxygen atoms in total. The van der Waals surface area contributed by atoms with Crippen molar-refractivity contribution in [1.29, 1.82) is 0 Å². The molecule has 0 aromatic rings. The maximum Gasteiger partial charge on any atom is 0.228 e. The first-order chi connectivity index (χ1) is 6.47. The summed E-state index contributed by atoms with van der Waals surface area (Å²) in [5.41, 5.74) is -0.225. The van der Waals surface area contributed by atoms with Crippen LogP contribution in [0.25, 0.3) is 0 Å². The Hall–Kier alpha value is -0.570. The first-order valence-corrected chi connectivity index (χ1v) is 5.49. The third-order valence-corrected chi connectivity index (χ3v) is 3.16. The number of hydrogen-bond acceptors (Lipinski definition) is 2. The Morgan fingerprint density at radius 1 is 1.36 bits per heavy atom. The zero-order valence-electron chi connectivity index (χ0n) is 9.34. The fourth-order valence-electron chi connectivity index (χ4n) is 2.47. The van der Waals surface area contributed by atoms with Crippen molar-refractivity contribution < 1.29 is 4.79 Å². The van der Waals surface area contributed by atoms with Crippen LogP contribution in [-0.2, 0) is 4.79 Å². The van der Waals surface area contributed by atoms with Crippen molar-refractivity contribution in [3.05, 3.63) is 0 Å². The van der Waals surface area contributed by atoms with Crippen LogP contribution in [0.15, 0.2) is 0 Å². The van der Waals surface area contributed by atoms with Crippen molar-refractivity contribution >= 4 is 5.91 Å². The molecule has 2 atom stereocenters. The minimum atomic E-state index is -0.225. The summed E-state index contributed by atoms with van der Waals surface area (Å²) < 4.78 is 0. The van der Waals surface area contributed by atoms with Crippen molar-refractivity contribution in [2.24, 2.45) is 11.3 Å². The van der Waals surface area contributed by atoms with Crippen LogP contribution in [0.3, 0.4) is 0 Å². The van der Waals surface area contributed by atoms with Gasteiger partial charge < -0.3 is 10.2 Å². The van der Waals surface area contributed by atoms with Gasteiger partial charge in [0.05, 0.1) is 0 Å². The minimum absolute atomic E-state index is 0.225. The number of fused-ring (bicyclic) bond motifs is 2. The van der Waals surface area contributed by atoms with Gasteiger partial charge in [0.1, 0.15) is 0 Å². The van der Waals surface area contributed by atoms with E-state index in [0.717, 1.165) is 19.6 Å². The zero-order chi connectivity index (χ0) is 10.3. The molecule has 0 unspecified atom stereocenters. The molecule has 2 aliphatic heterocycles. The highest BCUT2D eigenvalue weighted by molar-refractivity contribution is 5.81. The van der Waals surface area contributed by atoms with Gasteiger partial charge in [-0.3, -0.25) is 4.79 Å². The average Bonchev–Trinajstić information content (AvgIpc) is 2.42. The Morgan fingerprint density at radius 2 is 2.07 bits per heavy atom. The Balaban J connectivity index is 2.03. The van der Waals surface area contributed by atoms with E-state index in [1.54, 1.807) is 0 Å². The summed E-state index contributed by atoms with van der Waals surface area (Å²) in [6, 6.07) is 0.556. The SMILES string of the molecule is CC(C)(C)C(=O)N1C[C@H]2CN[C@H](C2)C1. The van der Waals surface area contributed by atoms with Gasteiger partial charge in [-0.2, -0.15) is 0 Å². The molecule has 0 aromatic heterocycles. The van der Waals surface area contributed by atoms with E-state index >= 15 is 0 Å². The van der Waals surface area contributed by atoms with Gasteiger partial charge in [-0.15, -0.1) is 0 Å². The van der Waals surface area contributed by atoms with Crippen LogP contribution in [0, 0.1) is 11.3 Å². The molecule has 80 valence electrons. The lowest BCUT2D eigenvalue weighted by atomic mass is 9.91. The summed E-state index contributed by atoms with van der Waals surface area (Å²) >= 11 is 0. The number of nitrogens with one attached hydrogen (secondary N) is 1. The van der Waals surface area contributed by atoms with Crippen molar-refractivity contribution in [3.8, 4) is 0 Å². The van der Waals surface area contributed by atoms with E-state index < -0.39 is 0 Å². The standard InChI is InChI=1S/C11H20N2O/c1-11(2,3)10(14)13-6-8-4-9(7-13)12-5-8/h8-9,12H,4-7H2,1-3H3/t8-,9-/m1/s1. The fraction of sp³-hybridized carbons (Fsp3) is 0.909. The second-order valence-corrected chi connectivity index (χ2v) is 5.67. The van der Waals surface area contributed by atoms with Crippen LogP contribution in [0.4, 0.5) is 0 Å². The van der Waals surface area contributed by atoms with Crippen LogP contribution in [-0.4, -0.2) is 36.5 Å². The highest BCUT2D eigenvalue weighted by Gasteiger charge is 2.37. The highest BCUT2D eigenvalue weighted by Crippen LogP contribution is 2.26. The normalized spacial score (nSPS) is 32.1. The Bertz CT molecular complexity index is 232. The summed E-state index contributed by atoms with van der Waals surface area (Å²) in [6.07, 6.45) is 1.26. The average molecular weight is 196 g/mol. The molecular weight excluding hydrogens is 176 g/mol. The molecule has 1 N–H and O–H groups in total. The van der Waals surface area contributed by atoms with E-state index in [4.69, 9.17) is 0 Å². The molecule has 14 heavy (non-hydrogen) atoms. The number of piperidine rings is 1. The van der Waals surface area contributed by atoms with Crippen molar-refractivity contribution in [3.63, 3.8) is 0 Å². The van der Waals surface area contributed by atoms with Crippen LogP contribution < -0.4 is 5.32 Å². The van der Waals surface area contributed by atoms with Gasteiger partial charge in [0.15, 0.2) is 0 Å². The van der Waals surface area contributed by atoms with Crippen LogP contribution in [0.5, 0.6) is 0 Å². The third-order valence-electron chi connectivity index (χ3n) is 3.16. The number of carbonyl (C=O) groups excluding carboxylic acids is 1. The van der Waals surface area contributed by atoms with E-state index in [-0.39, 0.29) is 5.41 Å². The molecule has 0 aromatic carbocycles.